The third kappa shape index (κ3) is 2.03. The molecule has 1 N–H and O–H groups in total. The van der Waals surface area contributed by atoms with Crippen molar-refractivity contribution in [3.05, 3.63) is 22.5 Å². The fourth-order valence-electron chi connectivity index (χ4n) is 2.05. The second kappa shape index (κ2) is 4.39. The van der Waals surface area contributed by atoms with E-state index in [0.29, 0.717) is 17.8 Å². The molecule has 0 aliphatic carbocycles. The first-order chi connectivity index (χ1) is 8.36. The molecule has 0 radical (unpaired) electrons. The molecule has 2 rings (SSSR count). The second-order valence-corrected chi connectivity index (χ2v) is 6.29. The van der Waals surface area contributed by atoms with Gasteiger partial charge >= 0.3 is 5.97 Å². The van der Waals surface area contributed by atoms with E-state index in [4.69, 9.17) is 0 Å². The van der Waals surface area contributed by atoms with E-state index in [1.54, 1.807) is 4.40 Å². The van der Waals surface area contributed by atoms with Gasteiger partial charge in [-0.1, -0.05) is 34.1 Å². The van der Waals surface area contributed by atoms with Gasteiger partial charge in [0, 0.05) is 16.5 Å². The normalized spacial score (nSPS) is 12.2. The monoisotopic (exact) mass is 266 g/mol. The van der Waals surface area contributed by atoms with Crippen LogP contribution in [0.1, 0.15) is 56.0 Å². The Labute approximate surface area is 110 Å². The van der Waals surface area contributed by atoms with Gasteiger partial charge in [-0.25, -0.2) is 9.78 Å². The number of nitrogens with zero attached hydrogens (tertiary/aromatic N) is 2. The second-order valence-electron chi connectivity index (χ2n) is 5.45. The zero-order valence-corrected chi connectivity index (χ0v) is 12.0. The minimum Gasteiger partial charge on any atom is -0.477 e. The Morgan fingerprint density at radius 2 is 2.17 bits per heavy atom. The minimum atomic E-state index is -0.894. The van der Waals surface area contributed by atoms with Crippen molar-refractivity contribution in [1.82, 2.24) is 9.38 Å². The number of carboxylic acids is 1. The maximum atomic E-state index is 11.5. The van der Waals surface area contributed by atoms with Crippen LogP contribution in [0.2, 0.25) is 0 Å². The molecule has 0 aliphatic rings. The summed E-state index contributed by atoms with van der Waals surface area (Å²) in [5.74, 6) is -0.894. The van der Waals surface area contributed by atoms with Gasteiger partial charge in [-0.2, -0.15) is 0 Å². The number of aromatic nitrogens is 2. The van der Waals surface area contributed by atoms with Gasteiger partial charge in [0.25, 0.3) is 0 Å². The van der Waals surface area contributed by atoms with Crippen molar-refractivity contribution in [2.24, 2.45) is 0 Å². The highest BCUT2D eigenvalue weighted by Crippen LogP contribution is 2.30. The first-order valence-corrected chi connectivity index (χ1v) is 6.96. The Morgan fingerprint density at radius 3 is 2.67 bits per heavy atom. The first-order valence-electron chi connectivity index (χ1n) is 6.08. The van der Waals surface area contributed by atoms with Crippen LogP contribution in [0.25, 0.3) is 4.96 Å². The molecule has 5 heteroatoms. The molecule has 18 heavy (non-hydrogen) atoms. The van der Waals surface area contributed by atoms with Crippen LogP contribution < -0.4 is 0 Å². The molecule has 0 bridgehead atoms. The number of aryl methyl sites for hydroxylation is 1. The van der Waals surface area contributed by atoms with Crippen molar-refractivity contribution in [3.63, 3.8) is 0 Å². The van der Waals surface area contributed by atoms with Crippen LogP contribution in [0.4, 0.5) is 0 Å². The first kappa shape index (κ1) is 13.1. The molecule has 0 aliphatic heterocycles. The number of carbonyl (C=O) groups is 1. The van der Waals surface area contributed by atoms with Crippen molar-refractivity contribution in [1.29, 1.82) is 0 Å². The molecule has 0 aromatic carbocycles. The highest BCUT2D eigenvalue weighted by atomic mass is 32.1. The molecular weight excluding hydrogens is 248 g/mol. The SMILES string of the molecule is CCCc1nc2scc(C(C)(C)C)n2c1C(=O)O. The molecule has 4 nitrogen and oxygen atoms in total. The Bertz CT molecular complexity index is 590. The van der Waals surface area contributed by atoms with Crippen molar-refractivity contribution in [3.8, 4) is 0 Å². The number of hydrogen-bond donors (Lipinski definition) is 1. The molecule has 98 valence electrons. The lowest BCUT2D eigenvalue weighted by Crippen LogP contribution is -2.17. The quantitative estimate of drug-likeness (QED) is 0.927. The molecule has 0 unspecified atom stereocenters. The summed E-state index contributed by atoms with van der Waals surface area (Å²) in [6.07, 6.45) is 1.61. The Balaban J connectivity index is 2.75. The number of hydrogen-bond acceptors (Lipinski definition) is 3. The van der Waals surface area contributed by atoms with Crippen LogP contribution in [0.3, 0.4) is 0 Å². The van der Waals surface area contributed by atoms with E-state index < -0.39 is 5.97 Å². The molecule has 0 spiro atoms. The smallest absolute Gasteiger partial charge is 0.354 e. The lowest BCUT2D eigenvalue weighted by atomic mass is 9.93. The molecule has 0 fully saturated rings. The summed E-state index contributed by atoms with van der Waals surface area (Å²) >= 11 is 1.51. The molecule has 2 heterocycles. The Morgan fingerprint density at radius 1 is 1.50 bits per heavy atom. The van der Waals surface area contributed by atoms with Crippen molar-refractivity contribution in [2.45, 2.75) is 46.0 Å². The van der Waals surface area contributed by atoms with Crippen molar-refractivity contribution >= 4 is 22.3 Å². The van der Waals surface area contributed by atoms with E-state index in [9.17, 15) is 9.90 Å². The minimum absolute atomic E-state index is 0.0906. The maximum absolute atomic E-state index is 11.5. The van der Waals surface area contributed by atoms with E-state index >= 15 is 0 Å². The molecule has 0 amide bonds. The van der Waals surface area contributed by atoms with E-state index in [1.807, 2.05) is 12.3 Å². The predicted octanol–water partition coefficient (Wildman–Crippen LogP) is 3.34. The number of imidazole rings is 1. The van der Waals surface area contributed by atoms with Crippen LogP contribution in [0.15, 0.2) is 5.38 Å². The summed E-state index contributed by atoms with van der Waals surface area (Å²) in [6.45, 7) is 8.28. The van der Waals surface area contributed by atoms with Gasteiger partial charge in [0.1, 0.15) is 0 Å². The Hall–Kier alpha value is -1.36. The van der Waals surface area contributed by atoms with Crippen LogP contribution in [0, 0.1) is 0 Å². The van der Waals surface area contributed by atoms with E-state index in [-0.39, 0.29) is 5.41 Å². The summed E-state index contributed by atoms with van der Waals surface area (Å²) in [5.41, 5.74) is 1.95. The zero-order chi connectivity index (χ0) is 13.5. The summed E-state index contributed by atoms with van der Waals surface area (Å²) in [6, 6.07) is 0. The number of aromatic carboxylic acids is 1. The number of thiazole rings is 1. The van der Waals surface area contributed by atoms with Crippen LogP contribution >= 0.6 is 11.3 Å². The fourth-order valence-corrected chi connectivity index (χ4v) is 3.18. The van der Waals surface area contributed by atoms with Gasteiger partial charge < -0.3 is 5.11 Å². The highest BCUT2D eigenvalue weighted by Gasteiger charge is 2.26. The van der Waals surface area contributed by atoms with Gasteiger partial charge in [0.2, 0.25) is 0 Å². The van der Waals surface area contributed by atoms with Crippen LogP contribution in [-0.4, -0.2) is 20.5 Å². The molecule has 0 saturated carbocycles. The van der Waals surface area contributed by atoms with Crippen LogP contribution in [-0.2, 0) is 11.8 Å². The van der Waals surface area contributed by atoms with Gasteiger partial charge in [-0.05, 0) is 6.42 Å². The molecule has 0 saturated heterocycles. The van der Waals surface area contributed by atoms with Crippen molar-refractivity contribution in [2.75, 3.05) is 0 Å². The highest BCUT2D eigenvalue weighted by molar-refractivity contribution is 7.15. The summed E-state index contributed by atoms with van der Waals surface area (Å²) in [4.78, 5) is 16.7. The van der Waals surface area contributed by atoms with Gasteiger partial charge in [0.05, 0.1) is 5.69 Å². The molecular formula is C13H18N2O2S. The number of rotatable bonds is 3. The lowest BCUT2D eigenvalue weighted by molar-refractivity contribution is 0.0687. The van der Waals surface area contributed by atoms with E-state index in [2.05, 4.69) is 25.8 Å². The zero-order valence-electron chi connectivity index (χ0n) is 11.1. The van der Waals surface area contributed by atoms with Crippen molar-refractivity contribution < 1.29 is 9.90 Å². The summed E-state index contributed by atoms with van der Waals surface area (Å²) in [5, 5.41) is 11.4. The number of carboxylic acid groups (broad SMARTS) is 1. The standard InChI is InChI=1S/C13H18N2O2S/c1-5-6-8-10(11(16)17)15-9(13(2,3)4)7-18-12(15)14-8/h7H,5-6H2,1-4H3,(H,16,17). The lowest BCUT2D eigenvalue weighted by Gasteiger charge is -2.17. The topological polar surface area (TPSA) is 54.6 Å². The summed E-state index contributed by atoms with van der Waals surface area (Å²) < 4.78 is 1.80. The van der Waals surface area contributed by atoms with Crippen LogP contribution in [0.5, 0.6) is 0 Å². The average Bonchev–Trinajstić information content (AvgIpc) is 2.73. The average molecular weight is 266 g/mol. The molecule has 2 aromatic heterocycles. The van der Waals surface area contributed by atoms with Gasteiger partial charge in [-0.3, -0.25) is 4.40 Å². The fraction of sp³-hybridized carbons (Fsp3) is 0.538. The number of fused-ring (bicyclic) bond motifs is 1. The summed E-state index contributed by atoms with van der Waals surface area (Å²) in [7, 11) is 0. The van der Waals surface area contributed by atoms with E-state index in [0.717, 1.165) is 17.1 Å². The predicted molar refractivity (Wildman–Crippen MR) is 72.7 cm³/mol. The van der Waals surface area contributed by atoms with E-state index in [1.165, 1.54) is 11.3 Å². The Kier molecular flexibility index (Phi) is 3.19. The molecule has 0 atom stereocenters. The maximum Gasteiger partial charge on any atom is 0.354 e. The largest absolute Gasteiger partial charge is 0.477 e. The molecule has 2 aromatic rings. The van der Waals surface area contributed by atoms with Gasteiger partial charge in [-0.15, -0.1) is 11.3 Å². The third-order valence-electron chi connectivity index (χ3n) is 2.89. The van der Waals surface area contributed by atoms with Gasteiger partial charge in [0.15, 0.2) is 10.7 Å². The third-order valence-corrected chi connectivity index (χ3v) is 3.72.